The highest BCUT2D eigenvalue weighted by Crippen LogP contribution is 2.51. The van der Waals surface area contributed by atoms with Gasteiger partial charge in [0, 0.05) is 0 Å². The summed E-state index contributed by atoms with van der Waals surface area (Å²) in [5, 5.41) is 0. The lowest BCUT2D eigenvalue weighted by atomic mass is 9.65. The quantitative estimate of drug-likeness (QED) is 0.496. The van der Waals surface area contributed by atoms with Crippen LogP contribution in [0.4, 0.5) is 0 Å². The minimum absolute atomic E-state index is 0.783. The first-order chi connectivity index (χ1) is 10.1. The molecule has 0 N–H and O–H groups in total. The normalized spacial score (nSPS) is 49.0. The predicted molar refractivity (Wildman–Crippen MR) is 92.3 cm³/mol. The van der Waals surface area contributed by atoms with Crippen LogP contribution in [0.25, 0.3) is 0 Å². The molecule has 0 aromatic carbocycles. The van der Waals surface area contributed by atoms with E-state index in [-0.39, 0.29) is 0 Å². The smallest absolute Gasteiger partial charge is 0.0297 e. The van der Waals surface area contributed by atoms with Gasteiger partial charge >= 0.3 is 0 Å². The molecular weight excluding hydrogens is 252 g/mol. The molecule has 3 aliphatic carbocycles. The third kappa shape index (κ3) is 3.50. The molecule has 0 aromatic heterocycles. The predicted octanol–water partition coefficient (Wildman–Crippen LogP) is 6.84. The molecule has 3 fully saturated rings. The second kappa shape index (κ2) is 6.63. The van der Waals surface area contributed by atoms with Crippen molar-refractivity contribution in [3.05, 3.63) is 0 Å². The number of hydrogen-bond donors (Lipinski definition) is 0. The van der Waals surface area contributed by atoms with Crippen molar-refractivity contribution in [1.29, 1.82) is 0 Å². The van der Waals surface area contributed by atoms with E-state index in [1.807, 2.05) is 0 Å². The number of hydrogen-bond acceptors (Lipinski definition) is 0. The van der Waals surface area contributed by atoms with Crippen LogP contribution >= 0.6 is 0 Å². The van der Waals surface area contributed by atoms with Crippen molar-refractivity contribution in [3.8, 4) is 0 Å². The molecule has 0 heterocycles. The molecule has 1 spiro atoms. The molecule has 3 aliphatic rings. The fraction of sp³-hybridized carbons (Fsp3) is 1.00. The number of rotatable bonds is 1. The van der Waals surface area contributed by atoms with Gasteiger partial charge in [-0.1, -0.05) is 59.3 Å². The molecule has 0 aliphatic heterocycles. The molecule has 0 bridgehead atoms. The van der Waals surface area contributed by atoms with Crippen LogP contribution in [0.3, 0.4) is 0 Å². The fourth-order valence-corrected chi connectivity index (χ4v) is 6.09. The third-order valence-corrected chi connectivity index (χ3v) is 8.04. The van der Waals surface area contributed by atoms with Gasteiger partial charge < -0.3 is 0 Å². The van der Waals surface area contributed by atoms with Gasteiger partial charge in [-0.3, -0.25) is 0 Å². The summed E-state index contributed by atoms with van der Waals surface area (Å²) in [6, 6.07) is 0. The molecule has 21 heavy (non-hydrogen) atoms. The van der Waals surface area contributed by atoms with Crippen LogP contribution in [0.15, 0.2) is 0 Å². The van der Waals surface area contributed by atoms with Crippen LogP contribution in [0.5, 0.6) is 0 Å². The summed E-state index contributed by atoms with van der Waals surface area (Å²) in [7, 11) is 0. The summed E-state index contributed by atoms with van der Waals surface area (Å²) >= 11 is 0. The summed E-state index contributed by atoms with van der Waals surface area (Å²) in [5.41, 5.74) is 0.783. The van der Waals surface area contributed by atoms with E-state index in [0.29, 0.717) is 0 Å². The Morgan fingerprint density at radius 1 is 0.667 bits per heavy atom. The lowest BCUT2D eigenvalue weighted by Crippen LogP contribution is -2.30. The molecule has 122 valence electrons. The van der Waals surface area contributed by atoms with Gasteiger partial charge in [-0.05, 0) is 73.5 Å². The van der Waals surface area contributed by atoms with Gasteiger partial charge in [0.2, 0.25) is 0 Å². The highest BCUT2D eigenvalue weighted by molar-refractivity contribution is 4.90. The second-order valence-corrected chi connectivity index (χ2v) is 9.30. The molecule has 3 rings (SSSR count). The summed E-state index contributed by atoms with van der Waals surface area (Å²) < 4.78 is 0. The molecule has 0 amide bonds. The van der Waals surface area contributed by atoms with Crippen LogP contribution in [0.2, 0.25) is 0 Å². The minimum atomic E-state index is 0.783. The SMILES string of the molecule is CC1CCC2(CCCC(C3CCCC(C)C3C)CC2)CC1. The Labute approximate surface area is 133 Å². The Bertz CT molecular complexity index is 323. The van der Waals surface area contributed by atoms with Crippen LogP contribution in [0.1, 0.15) is 97.8 Å². The van der Waals surface area contributed by atoms with Gasteiger partial charge in [0.25, 0.3) is 0 Å². The highest BCUT2D eigenvalue weighted by atomic mass is 14.4. The minimum Gasteiger partial charge on any atom is -0.0625 e. The van der Waals surface area contributed by atoms with Crippen molar-refractivity contribution in [2.24, 2.45) is 35.0 Å². The van der Waals surface area contributed by atoms with E-state index in [2.05, 4.69) is 20.8 Å². The van der Waals surface area contributed by atoms with Crippen molar-refractivity contribution < 1.29 is 0 Å². The zero-order valence-corrected chi connectivity index (χ0v) is 14.9. The van der Waals surface area contributed by atoms with E-state index in [1.54, 1.807) is 44.9 Å². The van der Waals surface area contributed by atoms with E-state index < -0.39 is 0 Å². The van der Waals surface area contributed by atoms with Gasteiger partial charge in [-0.2, -0.15) is 0 Å². The van der Waals surface area contributed by atoms with Gasteiger partial charge in [0.05, 0.1) is 0 Å². The average molecular weight is 291 g/mol. The van der Waals surface area contributed by atoms with Crippen molar-refractivity contribution in [2.45, 2.75) is 97.8 Å². The van der Waals surface area contributed by atoms with E-state index in [9.17, 15) is 0 Å². The second-order valence-electron chi connectivity index (χ2n) is 9.30. The van der Waals surface area contributed by atoms with Crippen molar-refractivity contribution in [1.82, 2.24) is 0 Å². The molecule has 0 nitrogen and oxygen atoms in total. The van der Waals surface area contributed by atoms with E-state index in [4.69, 9.17) is 0 Å². The Kier molecular flexibility index (Phi) is 5.01. The Morgan fingerprint density at radius 3 is 2.14 bits per heavy atom. The van der Waals surface area contributed by atoms with E-state index in [0.717, 1.165) is 35.0 Å². The van der Waals surface area contributed by atoms with Crippen molar-refractivity contribution in [3.63, 3.8) is 0 Å². The summed E-state index contributed by atoms with van der Waals surface area (Å²) in [6.07, 6.45) is 18.5. The van der Waals surface area contributed by atoms with E-state index in [1.165, 1.54) is 32.1 Å². The largest absolute Gasteiger partial charge is 0.0625 e. The molecule has 4 atom stereocenters. The summed E-state index contributed by atoms with van der Waals surface area (Å²) in [6.45, 7) is 7.55. The molecule has 0 saturated heterocycles. The Morgan fingerprint density at radius 2 is 1.38 bits per heavy atom. The maximum Gasteiger partial charge on any atom is -0.0297 e. The molecular formula is C21H38. The average Bonchev–Trinajstić information content (AvgIpc) is 2.69. The van der Waals surface area contributed by atoms with Gasteiger partial charge in [0.1, 0.15) is 0 Å². The maximum atomic E-state index is 2.57. The molecule has 0 heteroatoms. The first-order valence-corrected chi connectivity index (χ1v) is 10.1. The first kappa shape index (κ1) is 15.9. The standard InChI is InChI=1S/C21H38/c1-16-9-13-21(14-10-16)12-5-7-19(11-15-21)20-8-4-6-17(2)18(20)3/h16-20H,4-15H2,1-3H3. The van der Waals surface area contributed by atoms with Crippen LogP contribution in [-0.2, 0) is 0 Å². The topological polar surface area (TPSA) is 0 Å². The first-order valence-electron chi connectivity index (χ1n) is 10.1. The third-order valence-electron chi connectivity index (χ3n) is 8.04. The Hall–Kier alpha value is 0. The Balaban J connectivity index is 1.60. The van der Waals surface area contributed by atoms with Crippen LogP contribution in [0, 0.1) is 35.0 Å². The van der Waals surface area contributed by atoms with Gasteiger partial charge in [-0.25, -0.2) is 0 Å². The molecule has 0 radical (unpaired) electrons. The fourth-order valence-electron chi connectivity index (χ4n) is 6.09. The van der Waals surface area contributed by atoms with Crippen LogP contribution in [-0.4, -0.2) is 0 Å². The molecule has 3 saturated carbocycles. The summed E-state index contributed by atoms with van der Waals surface area (Å²) in [4.78, 5) is 0. The van der Waals surface area contributed by atoms with Gasteiger partial charge in [-0.15, -0.1) is 0 Å². The van der Waals surface area contributed by atoms with Crippen molar-refractivity contribution >= 4 is 0 Å². The van der Waals surface area contributed by atoms with Crippen molar-refractivity contribution in [2.75, 3.05) is 0 Å². The molecule has 4 unspecified atom stereocenters. The highest BCUT2D eigenvalue weighted by Gasteiger charge is 2.39. The lowest BCUT2D eigenvalue weighted by Gasteiger charge is -2.41. The van der Waals surface area contributed by atoms with E-state index >= 15 is 0 Å². The van der Waals surface area contributed by atoms with Gasteiger partial charge in [0.15, 0.2) is 0 Å². The lowest BCUT2D eigenvalue weighted by molar-refractivity contribution is 0.101. The monoisotopic (exact) mass is 290 g/mol. The molecule has 0 aromatic rings. The zero-order chi connectivity index (χ0) is 14.9. The summed E-state index contributed by atoms with van der Waals surface area (Å²) in [5.74, 6) is 5.11. The zero-order valence-electron chi connectivity index (χ0n) is 14.9. The maximum absolute atomic E-state index is 2.57. The van der Waals surface area contributed by atoms with Crippen LogP contribution < -0.4 is 0 Å².